The molecule has 0 atom stereocenters. The Morgan fingerprint density at radius 2 is 2.17 bits per heavy atom. The van der Waals surface area contributed by atoms with Crippen molar-refractivity contribution < 1.29 is 0 Å². The summed E-state index contributed by atoms with van der Waals surface area (Å²) in [5.74, 6) is 1.64. The highest BCUT2D eigenvalue weighted by Crippen LogP contribution is 2.09. The smallest absolute Gasteiger partial charge is 0.157 e. The minimum Gasteiger partial charge on any atom is -0.313 e. The van der Waals surface area contributed by atoms with Gasteiger partial charge in [0.1, 0.15) is 0 Å². The van der Waals surface area contributed by atoms with Gasteiger partial charge in [-0.25, -0.2) is 9.67 Å². The van der Waals surface area contributed by atoms with Crippen LogP contribution in [0.4, 0.5) is 0 Å². The van der Waals surface area contributed by atoms with Gasteiger partial charge in [0.15, 0.2) is 5.82 Å². The van der Waals surface area contributed by atoms with Gasteiger partial charge in [-0.1, -0.05) is 19.9 Å². The van der Waals surface area contributed by atoms with E-state index in [9.17, 15) is 0 Å². The minimum atomic E-state index is 0.733. The Morgan fingerprint density at radius 3 is 2.89 bits per heavy atom. The highest BCUT2D eigenvalue weighted by molar-refractivity contribution is 5.32. The highest BCUT2D eigenvalue weighted by atomic mass is 15.3. The first-order valence-corrected chi connectivity index (χ1v) is 6.42. The first kappa shape index (κ1) is 12.8. The zero-order chi connectivity index (χ0) is 12.8. The summed E-state index contributed by atoms with van der Waals surface area (Å²) in [5.41, 5.74) is 1.17. The van der Waals surface area contributed by atoms with E-state index in [2.05, 4.69) is 35.3 Å². The Bertz CT molecular complexity index is 462. The fourth-order valence-corrected chi connectivity index (χ4v) is 1.78. The summed E-state index contributed by atoms with van der Waals surface area (Å²) in [6.45, 7) is 6.34. The molecule has 0 saturated heterocycles. The summed E-state index contributed by atoms with van der Waals surface area (Å²) in [6.07, 6.45) is 6.68. The average molecular weight is 244 g/mol. The predicted octanol–water partition coefficient (Wildman–Crippen LogP) is 2.40. The molecule has 96 valence electrons. The zero-order valence-electron chi connectivity index (χ0n) is 11.0. The molecule has 0 saturated carbocycles. The molecule has 1 N–H and O–H groups in total. The number of rotatable bonds is 6. The first-order chi connectivity index (χ1) is 8.77. The summed E-state index contributed by atoms with van der Waals surface area (Å²) in [5, 5.41) is 7.68. The number of aromatic nitrogens is 3. The van der Waals surface area contributed by atoms with E-state index in [1.54, 1.807) is 17.1 Å². The Labute approximate surface area is 108 Å². The van der Waals surface area contributed by atoms with Gasteiger partial charge in [0, 0.05) is 30.7 Å². The largest absolute Gasteiger partial charge is 0.313 e. The second-order valence-electron chi connectivity index (χ2n) is 4.80. The van der Waals surface area contributed by atoms with Crippen LogP contribution in [0.25, 0.3) is 5.82 Å². The van der Waals surface area contributed by atoms with E-state index in [1.165, 1.54) is 12.0 Å². The molecular weight excluding hydrogens is 224 g/mol. The van der Waals surface area contributed by atoms with Crippen molar-refractivity contribution in [3.8, 4) is 5.82 Å². The van der Waals surface area contributed by atoms with Gasteiger partial charge in [-0.15, -0.1) is 0 Å². The molecule has 0 aliphatic heterocycles. The second kappa shape index (κ2) is 6.31. The molecule has 0 spiro atoms. The lowest BCUT2D eigenvalue weighted by molar-refractivity contribution is 0.536. The molecule has 2 rings (SSSR count). The topological polar surface area (TPSA) is 42.7 Å². The van der Waals surface area contributed by atoms with E-state index in [4.69, 9.17) is 0 Å². The molecule has 0 bridgehead atoms. The third kappa shape index (κ3) is 3.40. The molecule has 18 heavy (non-hydrogen) atoms. The lowest BCUT2D eigenvalue weighted by Crippen LogP contribution is -2.18. The van der Waals surface area contributed by atoms with Crippen LogP contribution >= 0.6 is 0 Å². The Hall–Kier alpha value is -1.68. The molecule has 2 aromatic rings. The van der Waals surface area contributed by atoms with Crippen molar-refractivity contribution >= 4 is 0 Å². The van der Waals surface area contributed by atoms with Crippen LogP contribution in [0.15, 0.2) is 36.8 Å². The van der Waals surface area contributed by atoms with Crippen LogP contribution in [0.2, 0.25) is 0 Å². The summed E-state index contributed by atoms with van der Waals surface area (Å²) in [6, 6.07) is 5.96. The van der Waals surface area contributed by atoms with E-state index in [0.717, 1.165) is 24.8 Å². The number of pyridine rings is 1. The van der Waals surface area contributed by atoms with Crippen LogP contribution in [0.3, 0.4) is 0 Å². The molecule has 4 nitrogen and oxygen atoms in total. The molecule has 0 aliphatic carbocycles. The third-order valence-electron chi connectivity index (χ3n) is 2.80. The van der Waals surface area contributed by atoms with Crippen molar-refractivity contribution in [3.05, 3.63) is 42.4 Å². The van der Waals surface area contributed by atoms with Crippen LogP contribution in [-0.4, -0.2) is 21.3 Å². The number of hydrogen-bond acceptors (Lipinski definition) is 3. The first-order valence-electron chi connectivity index (χ1n) is 6.42. The monoisotopic (exact) mass is 244 g/mol. The molecule has 0 unspecified atom stereocenters. The fraction of sp³-hybridized carbons (Fsp3) is 0.429. The number of hydrogen-bond donors (Lipinski definition) is 1. The molecule has 0 fully saturated rings. The van der Waals surface area contributed by atoms with Crippen molar-refractivity contribution in [1.82, 2.24) is 20.1 Å². The van der Waals surface area contributed by atoms with Gasteiger partial charge in [-0.2, -0.15) is 5.10 Å². The summed E-state index contributed by atoms with van der Waals surface area (Å²) in [4.78, 5) is 4.40. The molecule has 0 amide bonds. The van der Waals surface area contributed by atoms with E-state index < -0.39 is 0 Å². The van der Waals surface area contributed by atoms with Gasteiger partial charge < -0.3 is 5.32 Å². The maximum absolute atomic E-state index is 4.40. The highest BCUT2D eigenvalue weighted by Gasteiger charge is 2.05. The third-order valence-corrected chi connectivity index (χ3v) is 2.80. The molecular formula is C14H20N4. The molecule has 2 aromatic heterocycles. The maximum atomic E-state index is 4.40. The number of nitrogens with one attached hydrogen (secondary N) is 1. The lowest BCUT2D eigenvalue weighted by Gasteiger charge is -2.10. The lowest BCUT2D eigenvalue weighted by atomic mass is 10.1. The minimum absolute atomic E-state index is 0.733. The number of nitrogens with zero attached hydrogens (tertiary/aromatic N) is 3. The zero-order valence-corrected chi connectivity index (χ0v) is 11.0. The average Bonchev–Trinajstić information content (AvgIpc) is 2.88. The van der Waals surface area contributed by atoms with Crippen molar-refractivity contribution in [3.63, 3.8) is 0 Å². The van der Waals surface area contributed by atoms with Gasteiger partial charge in [0.2, 0.25) is 0 Å². The quantitative estimate of drug-likeness (QED) is 0.793. The SMILES string of the molecule is CC(C)CCNCc1cccnc1-n1cccn1. The Morgan fingerprint density at radius 1 is 1.28 bits per heavy atom. The van der Waals surface area contributed by atoms with Crippen molar-refractivity contribution in [2.75, 3.05) is 6.54 Å². The molecule has 0 aliphatic rings. The molecule has 4 heteroatoms. The predicted molar refractivity (Wildman–Crippen MR) is 72.5 cm³/mol. The molecule has 0 aromatic carbocycles. The van der Waals surface area contributed by atoms with Crippen molar-refractivity contribution in [2.45, 2.75) is 26.8 Å². The maximum Gasteiger partial charge on any atom is 0.157 e. The fourth-order valence-electron chi connectivity index (χ4n) is 1.78. The summed E-state index contributed by atoms with van der Waals surface area (Å²) < 4.78 is 1.81. The van der Waals surface area contributed by atoms with E-state index in [1.807, 2.05) is 18.3 Å². The Kier molecular flexibility index (Phi) is 4.47. The van der Waals surface area contributed by atoms with Crippen LogP contribution in [0, 0.1) is 5.92 Å². The summed E-state index contributed by atoms with van der Waals surface area (Å²) in [7, 11) is 0. The second-order valence-corrected chi connectivity index (χ2v) is 4.80. The van der Waals surface area contributed by atoms with E-state index in [-0.39, 0.29) is 0 Å². The standard InChI is InChI=1S/C14H20N4/c1-12(2)6-9-15-11-13-5-3-7-16-14(13)18-10-4-8-17-18/h3-5,7-8,10,12,15H,6,9,11H2,1-2H3. The van der Waals surface area contributed by atoms with Gasteiger partial charge >= 0.3 is 0 Å². The molecule has 2 heterocycles. The Balaban J connectivity index is 2.00. The van der Waals surface area contributed by atoms with Crippen LogP contribution < -0.4 is 5.32 Å². The molecule has 0 radical (unpaired) electrons. The van der Waals surface area contributed by atoms with E-state index >= 15 is 0 Å². The van der Waals surface area contributed by atoms with Crippen molar-refractivity contribution in [2.24, 2.45) is 5.92 Å². The van der Waals surface area contributed by atoms with Gasteiger partial charge in [0.25, 0.3) is 0 Å². The van der Waals surface area contributed by atoms with E-state index in [0.29, 0.717) is 0 Å². The van der Waals surface area contributed by atoms with Crippen molar-refractivity contribution in [1.29, 1.82) is 0 Å². The summed E-state index contributed by atoms with van der Waals surface area (Å²) >= 11 is 0. The van der Waals surface area contributed by atoms with Gasteiger partial charge in [-0.3, -0.25) is 0 Å². The normalized spacial score (nSPS) is 11.1. The van der Waals surface area contributed by atoms with Crippen LogP contribution in [0.1, 0.15) is 25.8 Å². The van der Waals surface area contributed by atoms with Gasteiger partial charge in [0.05, 0.1) is 0 Å². The van der Waals surface area contributed by atoms with Gasteiger partial charge in [-0.05, 0) is 31.0 Å². The van der Waals surface area contributed by atoms with Crippen LogP contribution in [-0.2, 0) is 6.54 Å². The van der Waals surface area contributed by atoms with Crippen LogP contribution in [0.5, 0.6) is 0 Å².